The molecule has 7 heteroatoms. The van der Waals surface area contributed by atoms with Gasteiger partial charge >= 0.3 is 0 Å². The predicted octanol–water partition coefficient (Wildman–Crippen LogP) is 1.82. The van der Waals surface area contributed by atoms with Gasteiger partial charge in [-0.15, -0.1) is 12.4 Å². The van der Waals surface area contributed by atoms with E-state index < -0.39 is 6.04 Å². The van der Waals surface area contributed by atoms with Gasteiger partial charge in [0.1, 0.15) is 13.2 Å². The van der Waals surface area contributed by atoms with E-state index in [1.54, 1.807) is 19.1 Å². The molecule has 3 N–H and O–H groups in total. The van der Waals surface area contributed by atoms with Gasteiger partial charge in [0.05, 0.1) is 16.8 Å². The zero-order chi connectivity index (χ0) is 12.4. The molecular formula is C11H14Cl2N2O3. The molecular weight excluding hydrogens is 279 g/mol. The molecule has 1 aromatic carbocycles. The SMILES string of the molecule is C[C@@H](N)C(=O)Nc1cc2c(cc1Cl)OCCO2.Cl. The molecule has 1 aromatic rings. The maximum Gasteiger partial charge on any atom is 0.241 e. The fraction of sp³-hybridized carbons (Fsp3) is 0.364. The third-order valence-electron chi connectivity index (χ3n) is 2.30. The number of nitrogens with two attached hydrogens (primary N) is 1. The fourth-order valence-corrected chi connectivity index (χ4v) is 1.61. The van der Waals surface area contributed by atoms with Crippen molar-refractivity contribution in [1.29, 1.82) is 0 Å². The van der Waals surface area contributed by atoms with Gasteiger partial charge in [-0.2, -0.15) is 0 Å². The summed E-state index contributed by atoms with van der Waals surface area (Å²) in [6, 6.07) is 2.66. The standard InChI is InChI=1S/C11H13ClN2O3.ClH/c1-6(13)11(15)14-8-5-10-9(4-7(8)12)16-2-3-17-10;/h4-6H,2-3,13H2,1H3,(H,14,15);1H/t6-;/m1./s1. The van der Waals surface area contributed by atoms with Crippen molar-refractivity contribution < 1.29 is 14.3 Å². The summed E-state index contributed by atoms with van der Waals surface area (Å²) in [6.07, 6.45) is 0. The Morgan fingerprint density at radius 3 is 2.50 bits per heavy atom. The summed E-state index contributed by atoms with van der Waals surface area (Å²) in [7, 11) is 0. The van der Waals surface area contributed by atoms with Crippen LogP contribution in [-0.2, 0) is 4.79 Å². The number of carbonyl (C=O) groups excluding carboxylic acids is 1. The molecule has 0 aromatic heterocycles. The van der Waals surface area contributed by atoms with Crippen LogP contribution in [0.4, 0.5) is 5.69 Å². The molecule has 0 aliphatic carbocycles. The average molecular weight is 293 g/mol. The summed E-state index contributed by atoms with van der Waals surface area (Å²) in [4.78, 5) is 11.5. The molecule has 1 amide bonds. The first kappa shape index (κ1) is 14.9. The molecule has 1 aliphatic rings. The zero-order valence-electron chi connectivity index (χ0n) is 9.73. The van der Waals surface area contributed by atoms with Crippen molar-refractivity contribution in [2.45, 2.75) is 13.0 Å². The van der Waals surface area contributed by atoms with E-state index in [0.717, 1.165) is 0 Å². The Balaban J connectivity index is 0.00000162. The molecule has 0 radical (unpaired) electrons. The Bertz CT molecular complexity index is 452. The lowest BCUT2D eigenvalue weighted by molar-refractivity contribution is -0.117. The number of halogens is 2. The number of rotatable bonds is 2. The lowest BCUT2D eigenvalue weighted by Crippen LogP contribution is -2.32. The molecule has 2 rings (SSSR count). The van der Waals surface area contributed by atoms with Crippen molar-refractivity contribution >= 4 is 35.6 Å². The molecule has 0 saturated heterocycles. The minimum absolute atomic E-state index is 0. The fourth-order valence-electron chi connectivity index (χ4n) is 1.41. The Morgan fingerprint density at radius 2 is 1.94 bits per heavy atom. The summed E-state index contributed by atoms with van der Waals surface area (Å²) in [5.41, 5.74) is 5.93. The number of ether oxygens (including phenoxy) is 2. The van der Waals surface area contributed by atoms with E-state index in [0.29, 0.717) is 35.4 Å². The van der Waals surface area contributed by atoms with Gasteiger partial charge in [-0.05, 0) is 6.92 Å². The van der Waals surface area contributed by atoms with E-state index in [2.05, 4.69) is 5.32 Å². The van der Waals surface area contributed by atoms with Gasteiger partial charge in [0.15, 0.2) is 11.5 Å². The van der Waals surface area contributed by atoms with Crippen LogP contribution in [0, 0.1) is 0 Å². The number of carbonyl (C=O) groups is 1. The van der Waals surface area contributed by atoms with E-state index in [-0.39, 0.29) is 18.3 Å². The van der Waals surface area contributed by atoms with Crippen molar-refractivity contribution in [2.24, 2.45) is 5.73 Å². The molecule has 18 heavy (non-hydrogen) atoms. The second kappa shape index (κ2) is 6.13. The largest absolute Gasteiger partial charge is 0.486 e. The Hall–Kier alpha value is -1.17. The quantitative estimate of drug-likeness (QED) is 0.872. The van der Waals surface area contributed by atoms with Crippen molar-refractivity contribution in [2.75, 3.05) is 18.5 Å². The third kappa shape index (κ3) is 3.19. The van der Waals surface area contributed by atoms with E-state index in [4.69, 9.17) is 26.8 Å². The first-order valence-corrected chi connectivity index (χ1v) is 5.61. The van der Waals surface area contributed by atoms with Crippen LogP contribution >= 0.6 is 24.0 Å². The third-order valence-corrected chi connectivity index (χ3v) is 2.62. The zero-order valence-corrected chi connectivity index (χ0v) is 11.3. The van der Waals surface area contributed by atoms with E-state index in [1.807, 2.05) is 0 Å². The highest BCUT2D eigenvalue weighted by Gasteiger charge is 2.17. The molecule has 0 unspecified atom stereocenters. The molecule has 0 saturated carbocycles. The summed E-state index contributed by atoms with van der Waals surface area (Å²) in [5.74, 6) is 0.851. The van der Waals surface area contributed by atoms with Crippen molar-refractivity contribution in [1.82, 2.24) is 0 Å². The van der Waals surface area contributed by atoms with Gasteiger partial charge in [0.2, 0.25) is 5.91 Å². The number of fused-ring (bicyclic) bond motifs is 1. The molecule has 1 heterocycles. The van der Waals surface area contributed by atoms with Crippen LogP contribution < -0.4 is 20.5 Å². The van der Waals surface area contributed by atoms with Crippen LogP contribution in [0.1, 0.15) is 6.92 Å². The van der Waals surface area contributed by atoms with E-state index in [1.165, 1.54) is 0 Å². The molecule has 1 aliphatic heterocycles. The van der Waals surface area contributed by atoms with E-state index in [9.17, 15) is 4.79 Å². The molecule has 1 atom stereocenters. The minimum atomic E-state index is -0.598. The van der Waals surface area contributed by atoms with Gasteiger partial charge in [0.25, 0.3) is 0 Å². The Labute approximate surface area is 116 Å². The van der Waals surface area contributed by atoms with Crippen LogP contribution in [0.2, 0.25) is 5.02 Å². The number of amides is 1. The lowest BCUT2D eigenvalue weighted by Gasteiger charge is -2.20. The Morgan fingerprint density at radius 1 is 1.39 bits per heavy atom. The Kier molecular flexibility index (Phi) is 5.07. The van der Waals surface area contributed by atoms with Gasteiger partial charge < -0.3 is 20.5 Å². The van der Waals surface area contributed by atoms with Crippen molar-refractivity contribution in [3.63, 3.8) is 0 Å². The smallest absolute Gasteiger partial charge is 0.241 e. The highest BCUT2D eigenvalue weighted by Crippen LogP contribution is 2.37. The van der Waals surface area contributed by atoms with Crippen LogP contribution in [-0.4, -0.2) is 25.2 Å². The van der Waals surface area contributed by atoms with Crippen molar-refractivity contribution in [3.05, 3.63) is 17.2 Å². The number of hydrogen-bond acceptors (Lipinski definition) is 4. The molecule has 100 valence electrons. The van der Waals surface area contributed by atoms with Gasteiger partial charge in [-0.1, -0.05) is 11.6 Å². The van der Waals surface area contributed by atoms with Crippen LogP contribution in [0.15, 0.2) is 12.1 Å². The highest BCUT2D eigenvalue weighted by molar-refractivity contribution is 6.34. The monoisotopic (exact) mass is 292 g/mol. The van der Waals surface area contributed by atoms with Crippen LogP contribution in [0.3, 0.4) is 0 Å². The molecule has 0 fully saturated rings. The first-order chi connectivity index (χ1) is 8.08. The van der Waals surface area contributed by atoms with Gasteiger partial charge in [-0.3, -0.25) is 4.79 Å². The summed E-state index contributed by atoms with van der Waals surface area (Å²) >= 11 is 6.02. The maximum atomic E-state index is 11.5. The molecule has 0 bridgehead atoms. The second-order valence-electron chi connectivity index (χ2n) is 3.75. The molecule has 5 nitrogen and oxygen atoms in total. The maximum absolute atomic E-state index is 11.5. The predicted molar refractivity (Wildman–Crippen MR) is 72.0 cm³/mol. The van der Waals surface area contributed by atoms with Crippen LogP contribution in [0.5, 0.6) is 11.5 Å². The normalized spacial score (nSPS) is 14.4. The number of nitrogens with one attached hydrogen (secondary N) is 1. The summed E-state index contributed by atoms with van der Waals surface area (Å²) in [5, 5.41) is 3.02. The van der Waals surface area contributed by atoms with Crippen molar-refractivity contribution in [3.8, 4) is 11.5 Å². The number of hydrogen-bond donors (Lipinski definition) is 2. The minimum Gasteiger partial charge on any atom is -0.486 e. The number of benzene rings is 1. The van der Waals surface area contributed by atoms with Gasteiger partial charge in [-0.25, -0.2) is 0 Å². The van der Waals surface area contributed by atoms with E-state index >= 15 is 0 Å². The number of anilines is 1. The second-order valence-corrected chi connectivity index (χ2v) is 4.16. The average Bonchev–Trinajstić information content (AvgIpc) is 2.29. The van der Waals surface area contributed by atoms with Crippen LogP contribution in [0.25, 0.3) is 0 Å². The topological polar surface area (TPSA) is 73.6 Å². The summed E-state index contributed by atoms with van der Waals surface area (Å²) < 4.78 is 10.8. The highest BCUT2D eigenvalue weighted by atomic mass is 35.5. The first-order valence-electron chi connectivity index (χ1n) is 5.23. The summed E-state index contributed by atoms with van der Waals surface area (Å²) in [6.45, 7) is 2.57. The molecule has 0 spiro atoms. The van der Waals surface area contributed by atoms with Gasteiger partial charge in [0, 0.05) is 12.1 Å². The lowest BCUT2D eigenvalue weighted by atomic mass is 10.2.